The number of hydrazone groups is 1. The number of pyridine rings is 1. The normalized spacial score (nSPS) is 11.2. The van der Waals surface area contributed by atoms with E-state index in [9.17, 15) is 9.90 Å². The van der Waals surface area contributed by atoms with E-state index in [4.69, 9.17) is 0 Å². The van der Waals surface area contributed by atoms with Crippen LogP contribution in [-0.4, -0.2) is 28.0 Å². The average Bonchev–Trinajstić information content (AvgIpc) is 2.63. The Balaban J connectivity index is 1.57. The molecule has 0 unspecified atom stereocenters. The fraction of sp³-hybridized carbons (Fsp3) is 0.0556. The maximum atomic E-state index is 11.9. The van der Waals surface area contributed by atoms with Crippen LogP contribution in [0, 0.1) is 0 Å². The summed E-state index contributed by atoms with van der Waals surface area (Å²) in [7, 11) is 0. The van der Waals surface area contributed by atoms with Crippen molar-refractivity contribution in [3.63, 3.8) is 0 Å². The molecular formula is C18H13Br2N3O2S. The van der Waals surface area contributed by atoms with Gasteiger partial charge in [0.15, 0.2) is 0 Å². The number of aromatic nitrogens is 1. The molecule has 0 saturated carbocycles. The van der Waals surface area contributed by atoms with Crippen LogP contribution in [0.15, 0.2) is 67.6 Å². The lowest BCUT2D eigenvalue weighted by Gasteiger charge is -2.04. The lowest BCUT2D eigenvalue weighted by atomic mass is 10.2. The number of fused-ring (bicyclic) bond motifs is 1. The van der Waals surface area contributed by atoms with Crippen LogP contribution < -0.4 is 5.43 Å². The number of thioether (sulfide) groups is 1. The number of rotatable bonds is 5. The van der Waals surface area contributed by atoms with Gasteiger partial charge in [-0.25, -0.2) is 10.4 Å². The predicted molar refractivity (Wildman–Crippen MR) is 112 cm³/mol. The first-order valence-corrected chi connectivity index (χ1v) is 10.1. The highest BCUT2D eigenvalue weighted by Crippen LogP contribution is 2.30. The average molecular weight is 495 g/mol. The molecule has 2 N–H and O–H groups in total. The molecule has 8 heteroatoms. The Bertz CT molecular complexity index is 995. The molecular weight excluding hydrogens is 482 g/mol. The molecule has 0 aliphatic carbocycles. The fourth-order valence-electron chi connectivity index (χ4n) is 2.16. The molecule has 132 valence electrons. The SMILES string of the molecule is O=C(CSc1ccc2ccccc2n1)NN=Cc1cc(Br)cc(Br)c1O. The second-order valence-electron chi connectivity index (χ2n) is 5.25. The number of halogens is 2. The molecule has 0 bridgehead atoms. The van der Waals surface area contributed by atoms with E-state index in [1.165, 1.54) is 18.0 Å². The van der Waals surface area contributed by atoms with Crippen molar-refractivity contribution in [1.29, 1.82) is 0 Å². The standard InChI is InChI=1S/C18H13Br2N3O2S/c19-13-7-12(18(25)14(20)8-13)9-21-23-16(24)10-26-17-6-5-11-3-1-2-4-15(11)22-17/h1-9,25H,10H2,(H,23,24). The molecule has 0 radical (unpaired) electrons. The van der Waals surface area contributed by atoms with Crippen molar-refractivity contribution in [2.75, 3.05) is 5.75 Å². The third-order valence-corrected chi connectivity index (χ3v) is 5.37. The van der Waals surface area contributed by atoms with E-state index in [1.54, 1.807) is 12.1 Å². The third-order valence-electron chi connectivity index (χ3n) is 3.37. The van der Waals surface area contributed by atoms with E-state index in [-0.39, 0.29) is 17.4 Å². The summed E-state index contributed by atoms with van der Waals surface area (Å²) >= 11 is 7.92. The van der Waals surface area contributed by atoms with Crippen molar-refractivity contribution >= 4 is 66.6 Å². The summed E-state index contributed by atoms with van der Waals surface area (Å²) in [4.78, 5) is 16.4. The molecule has 0 aliphatic heterocycles. The minimum absolute atomic E-state index is 0.0564. The van der Waals surface area contributed by atoms with Gasteiger partial charge in [0.1, 0.15) is 5.75 Å². The number of aromatic hydroxyl groups is 1. The van der Waals surface area contributed by atoms with Gasteiger partial charge in [0.2, 0.25) is 5.91 Å². The molecule has 1 heterocycles. The second kappa shape index (κ2) is 8.66. The first-order valence-electron chi connectivity index (χ1n) is 7.51. The Hall–Kier alpha value is -1.90. The number of phenolic OH excluding ortho intramolecular Hbond substituents is 1. The van der Waals surface area contributed by atoms with Gasteiger partial charge in [0, 0.05) is 15.4 Å². The largest absolute Gasteiger partial charge is 0.506 e. The fourth-order valence-corrected chi connectivity index (χ4v) is 4.09. The number of para-hydroxylation sites is 1. The van der Waals surface area contributed by atoms with Crippen LogP contribution in [-0.2, 0) is 4.79 Å². The van der Waals surface area contributed by atoms with Crippen molar-refractivity contribution < 1.29 is 9.90 Å². The summed E-state index contributed by atoms with van der Waals surface area (Å²) in [5.74, 6) is -0.00712. The van der Waals surface area contributed by atoms with Gasteiger partial charge >= 0.3 is 0 Å². The minimum atomic E-state index is -0.255. The number of phenols is 1. The third kappa shape index (κ3) is 4.84. The number of carbonyl (C=O) groups excluding carboxylic acids is 1. The number of nitrogens with one attached hydrogen (secondary N) is 1. The van der Waals surface area contributed by atoms with Crippen LogP contribution in [0.3, 0.4) is 0 Å². The smallest absolute Gasteiger partial charge is 0.250 e. The summed E-state index contributed by atoms with van der Waals surface area (Å²) < 4.78 is 1.32. The summed E-state index contributed by atoms with van der Waals surface area (Å²) in [5, 5.41) is 15.7. The van der Waals surface area contributed by atoms with Crippen LogP contribution in [0.5, 0.6) is 5.75 Å². The number of benzene rings is 2. The van der Waals surface area contributed by atoms with Crippen molar-refractivity contribution in [3.8, 4) is 5.75 Å². The molecule has 1 amide bonds. The highest BCUT2D eigenvalue weighted by atomic mass is 79.9. The highest BCUT2D eigenvalue weighted by Gasteiger charge is 2.06. The maximum Gasteiger partial charge on any atom is 0.250 e. The van der Waals surface area contributed by atoms with Gasteiger partial charge in [-0.05, 0) is 40.2 Å². The molecule has 3 rings (SSSR count). The Morgan fingerprint density at radius 3 is 2.88 bits per heavy atom. The van der Waals surface area contributed by atoms with Crippen molar-refractivity contribution in [2.24, 2.45) is 5.10 Å². The molecule has 1 aromatic heterocycles. The monoisotopic (exact) mass is 493 g/mol. The Morgan fingerprint density at radius 1 is 1.23 bits per heavy atom. The zero-order valence-corrected chi connectivity index (χ0v) is 17.3. The van der Waals surface area contributed by atoms with Gasteiger partial charge in [-0.1, -0.05) is 52.0 Å². The first-order chi connectivity index (χ1) is 12.5. The summed E-state index contributed by atoms with van der Waals surface area (Å²) in [6.45, 7) is 0. The number of amides is 1. The molecule has 0 atom stereocenters. The molecule has 5 nitrogen and oxygen atoms in total. The van der Waals surface area contributed by atoms with E-state index in [0.717, 1.165) is 20.4 Å². The van der Waals surface area contributed by atoms with Crippen LogP contribution in [0.2, 0.25) is 0 Å². The molecule has 0 aliphatic rings. The first kappa shape index (κ1) is 18.9. The molecule has 0 saturated heterocycles. The van der Waals surface area contributed by atoms with Crippen LogP contribution in [0.25, 0.3) is 10.9 Å². The zero-order valence-electron chi connectivity index (χ0n) is 13.3. The van der Waals surface area contributed by atoms with Gasteiger partial charge in [-0.3, -0.25) is 4.79 Å². The van der Waals surface area contributed by atoms with Gasteiger partial charge < -0.3 is 5.11 Å². The van der Waals surface area contributed by atoms with E-state index in [0.29, 0.717) is 10.0 Å². The topological polar surface area (TPSA) is 74.6 Å². The van der Waals surface area contributed by atoms with Gasteiger partial charge in [0.05, 0.1) is 27.0 Å². The quantitative estimate of drug-likeness (QED) is 0.306. The summed E-state index contributed by atoms with van der Waals surface area (Å²) in [5.41, 5.74) is 3.82. The van der Waals surface area contributed by atoms with Crippen LogP contribution in [0.1, 0.15) is 5.56 Å². The second-order valence-corrected chi connectivity index (χ2v) is 8.02. The molecule has 0 fully saturated rings. The lowest BCUT2D eigenvalue weighted by molar-refractivity contribution is -0.118. The molecule has 2 aromatic carbocycles. The van der Waals surface area contributed by atoms with Gasteiger partial charge in [0.25, 0.3) is 0 Å². The number of carbonyl (C=O) groups is 1. The van der Waals surface area contributed by atoms with Crippen molar-refractivity contribution in [3.05, 3.63) is 63.0 Å². The zero-order chi connectivity index (χ0) is 18.5. The predicted octanol–water partition coefficient (Wildman–Crippen LogP) is 4.71. The number of hydrogen-bond donors (Lipinski definition) is 2. The van der Waals surface area contributed by atoms with E-state index in [2.05, 4.69) is 47.4 Å². The Kier molecular flexibility index (Phi) is 6.29. The molecule has 0 spiro atoms. The van der Waals surface area contributed by atoms with Crippen LogP contribution >= 0.6 is 43.6 Å². The van der Waals surface area contributed by atoms with Gasteiger partial charge in [-0.15, -0.1) is 0 Å². The van der Waals surface area contributed by atoms with Gasteiger partial charge in [-0.2, -0.15) is 5.10 Å². The summed E-state index contributed by atoms with van der Waals surface area (Å²) in [6, 6.07) is 15.1. The summed E-state index contributed by atoms with van der Waals surface area (Å²) in [6.07, 6.45) is 1.39. The van der Waals surface area contributed by atoms with E-state index in [1.807, 2.05) is 36.4 Å². The van der Waals surface area contributed by atoms with Crippen molar-refractivity contribution in [2.45, 2.75) is 5.03 Å². The van der Waals surface area contributed by atoms with Crippen LogP contribution in [0.4, 0.5) is 0 Å². The number of nitrogens with zero attached hydrogens (tertiary/aromatic N) is 2. The minimum Gasteiger partial charge on any atom is -0.506 e. The van der Waals surface area contributed by atoms with Crippen molar-refractivity contribution in [1.82, 2.24) is 10.4 Å². The molecule has 3 aromatic rings. The maximum absolute atomic E-state index is 11.9. The van der Waals surface area contributed by atoms with E-state index >= 15 is 0 Å². The number of hydrogen-bond acceptors (Lipinski definition) is 5. The highest BCUT2D eigenvalue weighted by molar-refractivity contribution is 9.11. The Labute approximate surface area is 171 Å². The molecule has 26 heavy (non-hydrogen) atoms. The lowest BCUT2D eigenvalue weighted by Crippen LogP contribution is -2.19. The Morgan fingerprint density at radius 2 is 2.04 bits per heavy atom. The van der Waals surface area contributed by atoms with E-state index < -0.39 is 0 Å².